The van der Waals surface area contributed by atoms with Gasteiger partial charge in [0.25, 0.3) is 0 Å². The molecular weight excluding hydrogens is 404 g/mol. The van der Waals surface area contributed by atoms with Gasteiger partial charge in [-0.15, -0.1) is 0 Å². The van der Waals surface area contributed by atoms with Gasteiger partial charge in [-0.25, -0.2) is 0 Å². The molecule has 2 N–H and O–H groups in total. The highest BCUT2D eigenvalue weighted by Gasteiger charge is 2.19. The second-order valence-electron chi connectivity index (χ2n) is 7.90. The third-order valence-electron chi connectivity index (χ3n) is 5.47. The van der Waals surface area contributed by atoms with E-state index < -0.39 is 0 Å². The molecule has 0 spiro atoms. The van der Waals surface area contributed by atoms with E-state index in [0.29, 0.717) is 38.7 Å². The number of aryl methyl sites for hydroxylation is 1. The van der Waals surface area contributed by atoms with Crippen LogP contribution in [0.1, 0.15) is 36.0 Å². The molecule has 1 aliphatic heterocycles. The standard InChI is InChI=1S/C25H34N4O3/c1-19-7-10-21(23(16-19)32-15-14-31-3)18-28-25(26-2)27-17-20-8-11-22(12-9-20)29-13-5-4-6-24(29)30/h7-12,16H,4-6,13-15,17-18H2,1-3H3,(H2,26,27,28). The molecule has 0 saturated carbocycles. The number of amides is 1. The third-order valence-corrected chi connectivity index (χ3v) is 5.47. The molecule has 0 radical (unpaired) electrons. The van der Waals surface area contributed by atoms with Crippen LogP contribution in [0.5, 0.6) is 5.75 Å². The van der Waals surface area contributed by atoms with Gasteiger partial charge >= 0.3 is 0 Å². The normalized spacial score (nSPS) is 14.4. The first-order valence-corrected chi connectivity index (χ1v) is 11.2. The number of anilines is 1. The molecular formula is C25H34N4O3. The van der Waals surface area contributed by atoms with Gasteiger partial charge in [0.15, 0.2) is 5.96 Å². The number of hydrogen-bond acceptors (Lipinski definition) is 4. The van der Waals surface area contributed by atoms with Crippen molar-refractivity contribution in [2.45, 2.75) is 39.3 Å². The predicted molar refractivity (Wildman–Crippen MR) is 128 cm³/mol. The van der Waals surface area contributed by atoms with Crippen LogP contribution in [-0.2, 0) is 22.6 Å². The van der Waals surface area contributed by atoms with Crippen LogP contribution < -0.4 is 20.3 Å². The summed E-state index contributed by atoms with van der Waals surface area (Å²) in [4.78, 5) is 18.3. The molecule has 1 amide bonds. The number of methoxy groups -OCH3 is 1. The summed E-state index contributed by atoms with van der Waals surface area (Å²) >= 11 is 0. The summed E-state index contributed by atoms with van der Waals surface area (Å²) in [7, 11) is 3.42. The lowest BCUT2D eigenvalue weighted by atomic mass is 10.1. The van der Waals surface area contributed by atoms with E-state index in [0.717, 1.165) is 47.5 Å². The van der Waals surface area contributed by atoms with E-state index in [9.17, 15) is 4.79 Å². The number of aliphatic imine (C=N–C) groups is 1. The molecule has 3 rings (SSSR count). The maximum atomic E-state index is 12.1. The Morgan fingerprint density at radius 1 is 1.06 bits per heavy atom. The zero-order chi connectivity index (χ0) is 22.8. The average molecular weight is 439 g/mol. The minimum Gasteiger partial charge on any atom is -0.491 e. The van der Waals surface area contributed by atoms with Crippen molar-refractivity contribution >= 4 is 17.6 Å². The topological polar surface area (TPSA) is 75.2 Å². The number of benzene rings is 2. The minimum absolute atomic E-state index is 0.216. The fraction of sp³-hybridized carbons (Fsp3) is 0.440. The van der Waals surface area contributed by atoms with E-state index in [4.69, 9.17) is 9.47 Å². The molecule has 0 aromatic heterocycles. The molecule has 32 heavy (non-hydrogen) atoms. The maximum absolute atomic E-state index is 12.1. The number of piperidine rings is 1. The van der Waals surface area contributed by atoms with Crippen LogP contribution in [0.15, 0.2) is 47.5 Å². The van der Waals surface area contributed by atoms with Crippen LogP contribution in [0.2, 0.25) is 0 Å². The van der Waals surface area contributed by atoms with Crippen molar-refractivity contribution < 1.29 is 14.3 Å². The molecule has 7 nitrogen and oxygen atoms in total. The number of ether oxygens (including phenoxy) is 2. The second kappa shape index (κ2) is 12.1. The molecule has 2 aromatic rings. The van der Waals surface area contributed by atoms with Gasteiger partial charge in [0, 0.05) is 51.5 Å². The van der Waals surface area contributed by atoms with Crippen molar-refractivity contribution in [3.05, 3.63) is 59.2 Å². The maximum Gasteiger partial charge on any atom is 0.226 e. The third kappa shape index (κ3) is 6.72. The Kier molecular flexibility index (Phi) is 8.92. The zero-order valence-corrected chi connectivity index (χ0v) is 19.3. The van der Waals surface area contributed by atoms with Crippen molar-refractivity contribution in [2.24, 2.45) is 4.99 Å². The van der Waals surface area contributed by atoms with Crippen molar-refractivity contribution in [3.8, 4) is 5.75 Å². The predicted octanol–water partition coefficient (Wildman–Crippen LogP) is 3.40. The van der Waals surface area contributed by atoms with Crippen LogP contribution >= 0.6 is 0 Å². The lowest BCUT2D eigenvalue weighted by molar-refractivity contribution is -0.119. The second-order valence-corrected chi connectivity index (χ2v) is 7.90. The van der Waals surface area contributed by atoms with Crippen molar-refractivity contribution in [2.75, 3.05) is 38.8 Å². The molecule has 0 aliphatic carbocycles. The van der Waals surface area contributed by atoms with Crippen molar-refractivity contribution in [1.29, 1.82) is 0 Å². The lowest BCUT2D eigenvalue weighted by Gasteiger charge is -2.26. The molecule has 1 fully saturated rings. The molecule has 1 aliphatic rings. The molecule has 0 bridgehead atoms. The number of hydrogen-bond donors (Lipinski definition) is 2. The molecule has 1 heterocycles. The summed E-state index contributed by atoms with van der Waals surface area (Å²) in [6.45, 7) is 5.15. The Balaban J connectivity index is 1.53. The van der Waals surface area contributed by atoms with Gasteiger partial charge in [-0.1, -0.05) is 24.3 Å². The zero-order valence-electron chi connectivity index (χ0n) is 19.3. The Morgan fingerprint density at radius 2 is 1.84 bits per heavy atom. The van der Waals surface area contributed by atoms with E-state index >= 15 is 0 Å². The Hall–Kier alpha value is -3.06. The highest BCUT2D eigenvalue weighted by molar-refractivity contribution is 5.93. The minimum atomic E-state index is 0.216. The summed E-state index contributed by atoms with van der Waals surface area (Å²) < 4.78 is 11.0. The van der Waals surface area contributed by atoms with Gasteiger partial charge in [-0.3, -0.25) is 9.79 Å². The van der Waals surface area contributed by atoms with Gasteiger partial charge in [0.2, 0.25) is 5.91 Å². The fourth-order valence-corrected chi connectivity index (χ4v) is 3.64. The lowest BCUT2D eigenvalue weighted by Crippen LogP contribution is -2.36. The first-order valence-electron chi connectivity index (χ1n) is 11.2. The van der Waals surface area contributed by atoms with Crippen molar-refractivity contribution in [3.63, 3.8) is 0 Å². The number of carbonyl (C=O) groups is 1. The number of nitrogens with zero attached hydrogens (tertiary/aromatic N) is 2. The number of guanidine groups is 1. The SMILES string of the molecule is CN=C(NCc1ccc(N2CCCCC2=O)cc1)NCc1ccc(C)cc1OCCOC. The summed E-state index contributed by atoms with van der Waals surface area (Å²) in [5.41, 5.74) is 4.31. The van der Waals surface area contributed by atoms with E-state index in [2.05, 4.69) is 39.9 Å². The highest BCUT2D eigenvalue weighted by atomic mass is 16.5. The fourth-order valence-electron chi connectivity index (χ4n) is 3.64. The van der Waals surface area contributed by atoms with Crippen LogP contribution in [0, 0.1) is 6.92 Å². The summed E-state index contributed by atoms with van der Waals surface area (Å²) in [6, 6.07) is 14.3. The highest BCUT2D eigenvalue weighted by Crippen LogP contribution is 2.22. The van der Waals surface area contributed by atoms with Crippen LogP contribution in [0.3, 0.4) is 0 Å². The van der Waals surface area contributed by atoms with Crippen LogP contribution in [0.4, 0.5) is 5.69 Å². The number of carbonyl (C=O) groups excluding carboxylic acids is 1. The molecule has 0 atom stereocenters. The van der Waals surface area contributed by atoms with E-state index in [-0.39, 0.29) is 5.91 Å². The Bertz CT molecular complexity index is 912. The monoisotopic (exact) mass is 438 g/mol. The van der Waals surface area contributed by atoms with Gasteiger partial charge < -0.3 is 25.0 Å². The summed E-state index contributed by atoms with van der Waals surface area (Å²) in [5, 5.41) is 6.69. The van der Waals surface area contributed by atoms with E-state index in [1.54, 1.807) is 14.2 Å². The number of nitrogens with one attached hydrogen (secondary N) is 2. The van der Waals surface area contributed by atoms with E-state index in [1.807, 2.05) is 30.0 Å². The molecule has 0 unspecified atom stereocenters. The Labute approximate surface area is 190 Å². The first kappa shape index (κ1) is 23.6. The van der Waals surface area contributed by atoms with Crippen molar-refractivity contribution in [1.82, 2.24) is 10.6 Å². The molecule has 2 aromatic carbocycles. The van der Waals surface area contributed by atoms with Gasteiger partial charge in [0.1, 0.15) is 12.4 Å². The first-order chi connectivity index (χ1) is 15.6. The summed E-state index contributed by atoms with van der Waals surface area (Å²) in [6.07, 6.45) is 2.70. The quantitative estimate of drug-likeness (QED) is 0.357. The number of rotatable bonds is 9. The van der Waals surface area contributed by atoms with Gasteiger partial charge in [-0.2, -0.15) is 0 Å². The smallest absolute Gasteiger partial charge is 0.226 e. The largest absolute Gasteiger partial charge is 0.491 e. The van der Waals surface area contributed by atoms with Gasteiger partial charge in [-0.05, 0) is 49.1 Å². The van der Waals surface area contributed by atoms with Gasteiger partial charge in [0.05, 0.1) is 6.61 Å². The average Bonchev–Trinajstić information content (AvgIpc) is 2.81. The Morgan fingerprint density at radius 3 is 2.56 bits per heavy atom. The molecule has 1 saturated heterocycles. The van der Waals surface area contributed by atoms with Crippen LogP contribution in [-0.4, -0.2) is 45.8 Å². The van der Waals surface area contributed by atoms with Crippen LogP contribution in [0.25, 0.3) is 0 Å². The molecule has 172 valence electrons. The van der Waals surface area contributed by atoms with E-state index in [1.165, 1.54) is 0 Å². The molecule has 7 heteroatoms. The summed E-state index contributed by atoms with van der Waals surface area (Å²) in [5.74, 6) is 1.78.